The highest BCUT2D eigenvalue weighted by Crippen LogP contribution is 2.35. The molecule has 3 heterocycles. The van der Waals surface area contributed by atoms with E-state index < -0.39 is 0 Å². The van der Waals surface area contributed by atoms with Crippen LogP contribution in [0.1, 0.15) is 5.56 Å². The molecule has 5 rings (SSSR count). The van der Waals surface area contributed by atoms with Crippen molar-refractivity contribution in [1.82, 2.24) is 15.0 Å². The Labute approximate surface area is 193 Å². The number of morpholine rings is 1. The first kappa shape index (κ1) is 21.2. The van der Waals surface area contributed by atoms with E-state index in [1.807, 2.05) is 24.4 Å². The molecule has 0 atom stereocenters. The summed E-state index contributed by atoms with van der Waals surface area (Å²) in [6.07, 6.45) is 6.34. The lowest BCUT2D eigenvalue weighted by atomic mass is 10.0. The normalized spacial score (nSPS) is 13.8. The van der Waals surface area contributed by atoms with Gasteiger partial charge in [-0.15, -0.1) is 0 Å². The van der Waals surface area contributed by atoms with Gasteiger partial charge >= 0.3 is 0 Å². The molecule has 0 saturated carbocycles. The third kappa shape index (κ3) is 4.88. The molecular weight excluding hydrogens is 414 g/mol. The van der Waals surface area contributed by atoms with Crippen molar-refractivity contribution in [3.05, 3.63) is 72.7 Å². The van der Waals surface area contributed by atoms with Crippen LogP contribution in [0.4, 0.5) is 11.6 Å². The van der Waals surface area contributed by atoms with Gasteiger partial charge in [-0.05, 0) is 53.8 Å². The van der Waals surface area contributed by atoms with Crippen LogP contribution in [0.2, 0.25) is 0 Å². The minimum Gasteiger partial charge on any atom is -0.497 e. The Balaban J connectivity index is 1.44. The van der Waals surface area contributed by atoms with Gasteiger partial charge in [0.1, 0.15) is 5.75 Å². The van der Waals surface area contributed by atoms with Crippen LogP contribution in [0.25, 0.3) is 22.0 Å². The first-order valence-electron chi connectivity index (χ1n) is 11.2. The van der Waals surface area contributed by atoms with E-state index in [-0.39, 0.29) is 0 Å². The second-order valence-electron chi connectivity index (χ2n) is 7.99. The lowest BCUT2D eigenvalue weighted by Crippen LogP contribution is -2.36. The van der Waals surface area contributed by atoms with Crippen molar-refractivity contribution >= 4 is 22.4 Å². The maximum absolute atomic E-state index is 5.58. The summed E-state index contributed by atoms with van der Waals surface area (Å²) in [7, 11) is 1.70. The van der Waals surface area contributed by atoms with Crippen molar-refractivity contribution in [2.75, 3.05) is 50.2 Å². The molecule has 2 aromatic carbocycles. The van der Waals surface area contributed by atoms with E-state index in [0.717, 1.165) is 61.7 Å². The first-order chi connectivity index (χ1) is 16.3. The molecule has 1 N–H and O–H groups in total. The summed E-state index contributed by atoms with van der Waals surface area (Å²) in [4.78, 5) is 15.8. The Kier molecular flexibility index (Phi) is 6.30. The molecule has 1 fully saturated rings. The summed E-state index contributed by atoms with van der Waals surface area (Å²) in [5, 5.41) is 5.66. The van der Waals surface area contributed by atoms with Crippen molar-refractivity contribution in [2.45, 2.75) is 6.42 Å². The zero-order valence-corrected chi connectivity index (χ0v) is 18.7. The van der Waals surface area contributed by atoms with Crippen molar-refractivity contribution in [3.63, 3.8) is 0 Å². The molecule has 0 unspecified atom stereocenters. The Morgan fingerprint density at radius 2 is 1.97 bits per heavy atom. The molecule has 4 aromatic rings. The molecule has 0 radical (unpaired) electrons. The van der Waals surface area contributed by atoms with E-state index in [4.69, 9.17) is 14.5 Å². The fraction of sp³-hybridized carbons (Fsp3) is 0.269. The van der Waals surface area contributed by atoms with Crippen molar-refractivity contribution in [1.29, 1.82) is 0 Å². The summed E-state index contributed by atoms with van der Waals surface area (Å²) in [6, 6.07) is 16.6. The van der Waals surface area contributed by atoms with Gasteiger partial charge < -0.3 is 19.7 Å². The fourth-order valence-corrected chi connectivity index (χ4v) is 4.13. The molecule has 0 bridgehead atoms. The Hall–Kier alpha value is -3.71. The minimum absolute atomic E-state index is 0.624. The highest BCUT2D eigenvalue weighted by Gasteiger charge is 2.17. The average Bonchev–Trinajstić information content (AvgIpc) is 2.89. The standard InChI is InChI=1S/C26H27N5O2/c1-32-22-5-4-20-15-21(16-25(23(20)17-22)31-11-13-33-14-12-31)24-7-10-29-26(30-24)28-9-6-19-3-2-8-27-18-19/h2-5,7-8,10,15-18H,6,9,11-14H2,1H3,(H,28,29,30). The van der Waals surface area contributed by atoms with Crippen LogP contribution in [0, 0.1) is 0 Å². The third-order valence-corrected chi connectivity index (χ3v) is 5.86. The number of ether oxygens (including phenoxy) is 2. The Morgan fingerprint density at radius 3 is 2.79 bits per heavy atom. The molecule has 1 aliphatic heterocycles. The van der Waals surface area contributed by atoms with Crippen molar-refractivity contribution < 1.29 is 9.47 Å². The molecule has 0 spiro atoms. The largest absolute Gasteiger partial charge is 0.497 e. The molecule has 7 nitrogen and oxygen atoms in total. The second kappa shape index (κ2) is 9.83. The number of hydrogen-bond acceptors (Lipinski definition) is 7. The topological polar surface area (TPSA) is 72.4 Å². The lowest BCUT2D eigenvalue weighted by Gasteiger charge is -2.30. The first-order valence-corrected chi connectivity index (χ1v) is 11.2. The van der Waals surface area contributed by atoms with E-state index in [0.29, 0.717) is 5.95 Å². The molecule has 2 aromatic heterocycles. The number of fused-ring (bicyclic) bond motifs is 1. The molecule has 168 valence electrons. The molecule has 0 amide bonds. The van der Waals surface area contributed by atoms with Gasteiger partial charge in [0.2, 0.25) is 5.95 Å². The van der Waals surface area contributed by atoms with Crippen LogP contribution < -0.4 is 15.0 Å². The van der Waals surface area contributed by atoms with Crippen molar-refractivity contribution in [2.24, 2.45) is 0 Å². The fourth-order valence-electron chi connectivity index (χ4n) is 4.13. The summed E-state index contributed by atoms with van der Waals surface area (Å²) >= 11 is 0. The summed E-state index contributed by atoms with van der Waals surface area (Å²) in [6.45, 7) is 3.93. The molecule has 1 aliphatic rings. The number of rotatable bonds is 7. The van der Waals surface area contributed by atoms with E-state index in [1.54, 1.807) is 19.5 Å². The number of aromatic nitrogens is 3. The minimum atomic E-state index is 0.624. The molecule has 33 heavy (non-hydrogen) atoms. The van der Waals surface area contributed by atoms with Gasteiger partial charge in [-0.25, -0.2) is 9.97 Å². The number of methoxy groups -OCH3 is 1. The number of nitrogens with one attached hydrogen (secondary N) is 1. The molecular formula is C26H27N5O2. The van der Waals surface area contributed by atoms with Gasteiger partial charge in [-0.3, -0.25) is 4.98 Å². The number of anilines is 2. The zero-order chi connectivity index (χ0) is 22.5. The third-order valence-electron chi connectivity index (χ3n) is 5.86. The van der Waals surface area contributed by atoms with Crippen LogP contribution in [-0.2, 0) is 11.2 Å². The average molecular weight is 442 g/mol. The number of hydrogen-bond donors (Lipinski definition) is 1. The van der Waals surface area contributed by atoms with Crippen LogP contribution in [0.5, 0.6) is 5.75 Å². The van der Waals surface area contributed by atoms with E-state index in [1.165, 1.54) is 16.6 Å². The predicted molar refractivity (Wildman–Crippen MR) is 131 cm³/mol. The van der Waals surface area contributed by atoms with E-state index in [9.17, 15) is 0 Å². The highest BCUT2D eigenvalue weighted by molar-refractivity contribution is 5.98. The number of pyridine rings is 1. The SMILES string of the molecule is COc1ccc2cc(-c3ccnc(NCCc4cccnc4)n3)cc(N3CCOCC3)c2c1. The molecule has 0 aliphatic carbocycles. The van der Waals surface area contributed by atoms with Crippen molar-refractivity contribution in [3.8, 4) is 17.0 Å². The molecule has 7 heteroatoms. The van der Waals surface area contributed by atoms with Gasteiger partial charge in [0.25, 0.3) is 0 Å². The second-order valence-corrected chi connectivity index (χ2v) is 7.99. The summed E-state index contributed by atoms with van der Waals surface area (Å²) in [5.41, 5.74) is 4.31. The Morgan fingerprint density at radius 1 is 1.06 bits per heavy atom. The highest BCUT2D eigenvalue weighted by atomic mass is 16.5. The van der Waals surface area contributed by atoms with Crippen LogP contribution in [-0.4, -0.2) is 54.9 Å². The van der Waals surface area contributed by atoms with E-state index >= 15 is 0 Å². The van der Waals surface area contributed by atoms with Gasteiger partial charge in [-0.2, -0.15) is 0 Å². The van der Waals surface area contributed by atoms with Gasteiger partial charge in [0.15, 0.2) is 0 Å². The lowest BCUT2D eigenvalue weighted by molar-refractivity contribution is 0.123. The number of benzene rings is 2. The maximum Gasteiger partial charge on any atom is 0.223 e. The predicted octanol–water partition coefficient (Wildman–Crippen LogP) is 4.19. The zero-order valence-electron chi connectivity index (χ0n) is 18.7. The summed E-state index contributed by atoms with van der Waals surface area (Å²) in [5.74, 6) is 1.48. The van der Waals surface area contributed by atoms with E-state index in [2.05, 4.69) is 50.5 Å². The molecule has 1 saturated heterocycles. The monoisotopic (exact) mass is 441 g/mol. The van der Waals surface area contributed by atoms with Gasteiger partial charge in [-0.1, -0.05) is 12.1 Å². The van der Waals surface area contributed by atoms with Gasteiger partial charge in [0, 0.05) is 54.9 Å². The Bertz CT molecular complexity index is 1230. The van der Waals surface area contributed by atoms with Crippen LogP contribution in [0.15, 0.2) is 67.1 Å². The smallest absolute Gasteiger partial charge is 0.223 e. The number of nitrogens with zero attached hydrogens (tertiary/aromatic N) is 4. The maximum atomic E-state index is 5.58. The summed E-state index contributed by atoms with van der Waals surface area (Å²) < 4.78 is 11.1. The van der Waals surface area contributed by atoms with Crippen LogP contribution >= 0.6 is 0 Å². The van der Waals surface area contributed by atoms with Crippen LogP contribution in [0.3, 0.4) is 0 Å². The quantitative estimate of drug-likeness (QED) is 0.461. The van der Waals surface area contributed by atoms with Gasteiger partial charge in [0.05, 0.1) is 26.0 Å².